The topological polar surface area (TPSA) is 90.3 Å². The van der Waals surface area contributed by atoms with Crippen LogP contribution in [0, 0.1) is 12.8 Å². The second-order valence-electron chi connectivity index (χ2n) is 10.8. The zero-order valence-electron chi connectivity index (χ0n) is 21.2. The summed E-state index contributed by atoms with van der Waals surface area (Å²) in [6.45, 7) is 1.82. The molecule has 3 heterocycles. The van der Waals surface area contributed by atoms with E-state index in [9.17, 15) is 18.1 Å². The van der Waals surface area contributed by atoms with Crippen molar-refractivity contribution in [3.8, 4) is 0 Å². The number of quaternary nitrogens is 1. The highest BCUT2D eigenvalue weighted by atomic mass is 32.2. The van der Waals surface area contributed by atoms with Gasteiger partial charge in [-0.15, -0.1) is 0 Å². The molecule has 36 heavy (non-hydrogen) atoms. The maximum Gasteiger partial charge on any atom is 0.132 e. The lowest BCUT2D eigenvalue weighted by atomic mass is 9.76. The van der Waals surface area contributed by atoms with E-state index in [1.54, 1.807) is 18.3 Å². The number of benzene rings is 2. The number of hydrogen-bond donors (Lipinski definition) is 1. The Kier molecular flexibility index (Phi) is 7.67. The van der Waals surface area contributed by atoms with Crippen molar-refractivity contribution in [2.75, 3.05) is 14.1 Å². The van der Waals surface area contributed by atoms with Gasteiger partial charge in [0.1, 0.15) is 15.7 Å². The normalized spacial score (nSPS) is 24.3. The average molecular weight is 509 g/mol. The van der Waals surface area contributed by atoms with Crippen LogP contribution in [0.2, 0.25) is 0 Å². The largest absolute Gasteiger partial charge is 0.744 e. The van der Waals surface area contributed by atoms with E-state index in [2.05, 4.69) is 19.1 Å². The SMILES string of the molecule is C[N+]1(C)C2CCC1CC(CC(O)(c1ccccc1)c1ccccn1)C2.Cc1ccc(S(=O)(=O)[O-])cc1. The van der Waals surface area contributed by atoms with Gasteiger partial charge in [-0.25, -0.2) is 8.42 Å². The predicted octanol–water partition coefficient (Wildman–Crippen LogP) is 4.62. The molecule has 0 radical (unpaired) electrons. The molecule has 7 heteroatoms. The Hall–Kier alpha value is -2.58. The van der Waals surface area contributed by atoms with Gasteiger partial charge in [-0.2, -0.15) is 0 Å². The lowest BCUT2D eigenvalue weighted by Crippen LogP contribution is -2.55. The number of rotatable bonds is 5. The second kappa shape index (κ2) is 10.4. The molecule has 2 aliphatic rings. The first-order valence-corrected chi connectivity index (χ1v) is 14.0. The second-order valence-corrected chi connectivity index (χ2v) is 12.1. The molecule has 1 aromatic heterocycles. The number of aromatic nitrogens is 1. The summed E-state index contributed by atoms with van der Waals surface area (Å²) in [6, 6.07) is 23.2. The van der Waals surface area contributed by atoms with Crippen LogP contribution in [0.4, 0.5) is 0 Å². The van der Waals surface area contributed by atoms with Crippen LogP contribution in [0.3, 0.4) is 0 Å². The van der Waals surface area contributed by atoms with Crippen LogP contribution < -0.4 is 0 Å². The highest BCUT2D eigenvalue weighted by molar-refractivity contribution is 7.85. The third kappa shape index (κ3) is 5.70. The molecule has 2 saturated heterocycles. The van der Waals surface area contributed by atoms with Crippen molar-refractivity contribution in [1.82, 2.24) is 4.98 Å². The van der Waals surface area contributed by atoms with Gasteiger partial charge < -0.3 is 14.1 Å². The van der Waals surface area contributed by atoms with E-state index in [4.69, 9.17) is 0 Å². The molecule has 2 fully saturated rings. The minimum absolute atomic E-state index is 0.178. The lowest BCUT2D eigenvalue weighted by molar-refractivity contribution is -0.931. The molecule has 0 saturated carbocycles. The van der Waals surface area contributed by atoms with Crippen molar-refractivity contribution in [2.24, 2.45) is 5.92 Å². The quantitative estimate of drug-likeness (QED) is 0.401. The summed E-state index contributed by atoms with van der Waals surface area (Å²) in [4.78, 5) is 4.34. The molecule has 3 atom stereocenters. The molecule has 1 N–H and O–H groups in total. The molecule has 3 aromatic rings. The minimum Gasteiger partial charge on any atom is -0.744 e. The summed E-state index contributed by atoms with van der Waals surface area (Å²) in [6.07, 6.45) is 7.65. The van der Waals surface area contributed by atoms with Gasteiger partial charge in [-0.3, -0.25) is 4.98 Å². The van der Waals surface area contributed by atoms with E-state index in [0.29, 0.717) is 5.92 Å². The molecule has 3 unspecified atom stereocenters. The Morgan fingerprint density at radius 2 is 1.53 bits per heavy atom. The van der Waals surface area contributed by atoms with Gasteiger partial charge in [0.2, 0.25) is 0 Å². The van der Waals surface area contributed by atoms with Gasteiger partial charge in [-0.1, -0.05) is 54.1 Å². The first kappa shape index (κ1) is 26.5. The van der Waals surface area contributed by atoms with Crippen molar-refractivity contribution >= 4 is 10.1 Å². The number of nitrogens with zero attached hydrogens (tertiary/aromatic N) is 2. The summed E-state index contributed by atoms with van der Waals surface area (Å²) in [7, 11) is 0.510. The Bertz CT molecular complexity index is 1190. The number of aryl methyl sites for hydroxylation is 1. The Morgan fingerprint density at radius 3 is 2.06 bits per heavy atom. The van der Waals surface area contributed by atoms with E-state index < -0.39 is 15.7 Å². The average Bonchev–Trinajstić information content (AvgIpc) is 3.01. The van der Waals surface area contributed by atoms with Crippen LogP contribution in [0.5, 0.6) is 0 Å². The summed E-state index contributed by atoms with van der Waals surface area (Å²) in [5, 5.41) is 11.8. The Morgan fingerprint density at radius 1 is 0.944 bits per heavy atom. The highest BCUT2D eigenvalue weighted by Gasteiger charge is 2.50. The van der Waals surface area contributed by atoms with E-state index in [1.165, 1.54) is 42.3 Å². The number of piperidine rings is 1. The van der Waals surface area contributed by atoms with Crippen molar-refractivity contribution < 1.29 is 22.6 Å². The molecule has 5 rings (SSSR count). The van der Waals surface area contributed by atoms with Crippen molar-refractivity contribution in [3.63, 3.8) is 0 Å². The van der Waals surface area contributed by atoms with Crippen LogP contribution in [0.25, 0.3) is 0 Å². The van der Waals surface area contributed by atoms with E-state index in [-0.39, 0.29) is 4.90 Å². The highest BCUT2D eigenvalue weighted by Crippen LogP contribution is 2.46. The zero-order valence-corrected chi connectivity index (χ0v) is 22.1. The molecule has 192 valence electrons. The van der Waals surface area contributed by atoms with Gasteiger partial charge >= 0.3 is 0 Å². The van der Waals surface area contributed by atoms with Crippen molar-refractivity contribution in [1.29, 1.82) is 0 Å². The predicted molar refractivity (Wildman–Crippen MR) is 139 cm³/mol. The Balaban J connectivity index is 0.000000233. The minimum atomic E-state index is -4.27. The monoisotopic (exact) mass is 508 g/mol. The molecule has 2 bridgehead atoms. The maximum atomic E-state index is 11.8. The van der Waals surface area contributed by atoms with Crippen LogP contribution in [0.15, 0.2) is 83.9 Å². The fourth-order valence-corrected chi connectivity index (χ4v) is 6.44. The van der Waals surface area contributed by atoms with Gasteiger partial charge in [0.15, 0.2) is 0 Å². The molecule has 0 aliphatic carbocycles. The standard InChI is InChI=1S/C22H29N2O.C7H8O3S/c1-24(2)19-11-12-20(24)15-17(14-19)16-22(25,18-8-4-3-5-9-18)21-10-6-7-13-23-21;1-6-2-4-7(5-3-6)11(8,9)10/h3-10,13,17,19-20,25H,11-12,14-16H2,1-2H3;2-5H,1H3,(H,8,9,10)/q+1;/p-1. The fraction of sp³-hybridized carbons (Fsp3) is 0.414. The molecule has 0 spiro atoms. The molecule has 2 aliphatic heterocycles. The maximum absolute atomic E-state index is 11.8. The number of fused-ring (bicyclic) bond motifs is 2. The number of pyridine rings is 1. The third-order valence-corrected chi connectivity index (χ3v) is 9.01. The third-order valence-electron chi connectivity index (χ3n) is 8.16. The molecular formula is C29H36N2O4S. The van der Waals surface area contributed by atoms with E-state index in [0.717, 1.165) is 35.3 Å². The summed E-state index contributed by atoms with van der Waals surface area (Å²) in [5.41, 5.74) is 1.66. The van der Waals surface area contributed by atoms with Gasteiger partial charge in [0, 0.05) is 31.9 Å². The van der Waals surface area contributed by atoms with Crippen LogP contribution in [-0.2, 0) is 15.7 Å². The number of hydrogen-bond acceptors (Lipinski definition) is 5. The molecular weight excluding hydrogens is 472 g/mol. The smallest absolute Gasteiger partial charge is 0.132 e. The van der Waals surface area contributed by atoms with Gasteiger partial charge in [0.05, 0.1) is 36.8 Å². The zero-order chi connectivity index (χ0) is 26.0. The lowest BCUT2D eigenvalue weighted by Gasteiger charge is -2.45. The van der Waals surface area contributed by atoms with Crippen LogP contribution >= 0.6 is 0 Å². The van der Waals surface area contributed by atoms with E-state index in [1.807, 2.05) is 55.5 Å². The van der Waals surface area contributed by atoms with Crippen LogP contribution in [0.1, 0.15) is 48.9 Å². The van der Waals surface area contributed by atoms with Crippen molar-refractivity contribution in [2.45, 2.75) is 61.6 Å². The van der Waals surface area contributed by atoms with Gasteiger partial charge in [-0.05, 0) is 49.1 Å². The Labute approximate surface area is 215 Å². The fourth-order valence-electron chi connectivity index (χ4n) is 5.97. The summed E-state index contributed by atoms with van der Waals surface area (Å²) < 4.78 is 32.3. The molecule has 2 aromatic carbocycles. The number of aliphatic hydroxyl groups is 1. The summed E-state index contributed by atoms with van der Waals surface area (Å²) in [5.74, 6) is 0.552. The molecule has 6 nitrogen and oxygen atoms in total. The summed E-state index contributed by atoms with van der Waals surface area (Å²) >= 11 is 0. The first-order valence-electron chi connectivity index (χ1n) is 12.6. The van der Waals surface area contributed by atoms with Gasteiger partial charge in [0.25, 0.3) is 0 Å². The van der Waals surface area contributed by atoms with Crippen molar-refractivity contribution in [3.05, 3.63) is 95.8 Å². The molecule has 0 amide bonds. The van der Waals surface area contributed by atoms with E-state index >= 15 is 0 Å². The first-order chi connectivity index (χ1) is 17.0. The van der Waals surface area contributed by atoms with Crippen LogP contribution in [-0.4, -0.2) is 53.7 Å².